The number of nitrogens with one attached hydrogen (secondary N) is 2. The third-order valence-corrected chi connectivity index (χ3v) is 5.07. The molecule has 0 radical (unpaired) electrons. The Morgan fingerprint density at radius 1 is 1.35 bits per heavy atom. The molecule has 1 aliphatic heterocycles. The van der Waals surface area contributed by atoms with Crippen LogP contribution in [0.15, 0.2) is 24.4 Å². The topological polar surface area (TPSA) is 78.1 Å². The van der Waals surface area contributed by atoms with Crippen LogP contribution in [0.1, 0.15) is 12.8 Å². The molecular weight excluding hydrogens is 276 g/mol. The second-order valence-corrected chi connectivity index (χ2v) is 7.20. The van der Waals surface area contributed by atoms with Crippen molar-refractivity contribution in [3.8, 4) is 0 Å². The zero-order chi connectivity index (χ0) is 14.2. The summed E-state index contributed by atoms with van der Waals surface area (Å²) in [6.07, 6.45) is 4.72. The average molecular weight is 294 g/mol. The van der Waals surface area contributed by atoms with Crippen LogP contribution in [0, 0.1) is 0 Å². The fourth-order valence-electron chi connectivity index (χ4n) is 2.65. The first-order chi connectivity index (χ1) is 9.54. The monoisotopic (exact) mass is 294 g/mol. The van der Waals surface area contributed by atoms with Gasteiger partial charge in [0.15, 0.2) is 0 Å². The quantitative estimate of drug-likeness (QED) is 0.897. The molecule has 108 valence electrons. The van der Waals surface area contributed by atoms with Crippen molar-refractivity contribution in [3.05, 3.63) is 24.4 Å². The molecule has 1 aromatic heterocycles. The molecule has 0 atom stereocenters. The summed E-state index contributed by atoms with van der Waals surface area (Å²) >= 11 is 0. The van der Waals surface area contributed by atoms with Crippen LogP contribution in [0.4, 0.5) is 5.69 Å². The van der Waals surface area contributed by atoms with Gasteiger partial charge in [0.1, 0.15) is 0 Å². The highest BCUT2D eigenvalue weighted by Crippen LogP contribution is 2.24. The average Bonchev–Trinajstić information content (AvgIpc) is 2.88. The maximum Gasteiger partial charge on any atom is 0.211 e. The molecule has 0 aliphatic carbocycles. The van der Waals surface area contributed by atoms with E-state index in [1.54, 1.807) is 4.31 Å². The standard InChI is InChI=1S/C13H18N4O2S/c1-20(18,19)17-7-5-10(6-8-17)15-12-3-2-4-13-11(12)9-14-16-13/h2-4,9-10,15H,5-8H2,1H3,(H,14,16). The highest BCUT2D eigenvalue weighted by Gasteiger charge is 2.24. The predicted molar refractivity (Wildman–Crippen MR) is 79.2 cm³/mol. The van der Waals surface area contributed by atoms with E-state index in [9.17, 15) is 8.42 Å². The van der Waals surface area contributed by atoms with E-state index in [2.05, 4.69) is 15.5 Å². The third-order valence-electron chi connectivity index (χ3n) is 3.77. The Kier molecular flexibility index (Phi) is 3.39. The fraction of sp³-hybridized carbons (Fsp3) is 0.462. The Morgan fingerprint density at radius 3 is 2.80 bits per heavy atom. The van der Waals surface area contributed by atoms with Crippen LogP contribution in [0.5, 0.6) is 0 Å². The molecule has 2 aromatic rings. The molecule has 0 bridgehead atoms. The first kappa shape index (κ1) is 13.4. The van der Waals surface area contributed by atoms with Gasteiger partial charge in [0.25, 0.3) is 0 Å². The molecule has 2 heterocycles. The van der Waals surface area contributed by atoms with E-state index in [4.69, 9.17) is 0 Å². The lowest BCUT2D eigenvalue weighted by Crippen LogP contribution is -2.41. The molecule has 2 N–H and O–H groups in total. The molecule has 0 unspecified atom stereocenters. The van der Waals surface area contributed by atoms with Gasteiger partial charge in [0, 0.05) is 30.2 Å². The van der Waals surface area contributed by atoms with Gasteiger partial charge in [-0.3, -0.25) is 5.10 Å². The minimum Gasteiger partial charge on any atom is -0.382 e. The molecule has 1 aliphatic rings. The summed E-state index contributed by atoms with van der Waals surface area (Å²) in [5.41, 5.74) is 2.05. The normalized spacial score (nSPS) is 18.4. The van der Waals surface area contributed by atoms with Crippen molar-refractivity contribution < 1.29 is 8.42 Å². The lowest BCUT2D eigenvalue weighted by Gasteiger charge is -2.31. The fourth-order valence-corrected chi connectivity index (χ4v) is 3.52. The number of nitrogens with zero attached hydrogens (tertiary/aromatic N) is 2. The Hall–Kier alpha value is -1.60. The second kappa shape index (κ2) is 5.06. The van der Waals surface area contributed by atoms with E-state index in [-0.39, 0.29) is 0 Å². The van der Waals surface area contributed by atoms with Crippen molar-refractivity contribution in [1.82, 2.24) is 14.5 Å². The van der Waals surface area contributed by atoms with Crippen molar-refractivity contribution in [3.63, 3.8) is 0 Å². The van der Waals surface area contributed by atoms with Gasteiger partial charge in [-0.2, -0.15) is 5.10 Å². The summed E-state index contributed by atoms with van der Waals surface area (Å²) in [5.74, 6) is 0. The Balaban J connectivity index is 1.70. The van der Waals surface area contributed by atoms with E-state index in [0.717, 1.165) is 29.4 Å². The van der Waals surface area contributed by atoms with Crippen LogP contribution >= 0.6 is 0 Å². The predicted octanol–water partition coefficient (Wildman–Crippen LogP) is 1.40. The zero-order valence-electron chi connectivity index (χ0n) is 11.3. The number of anilines is 1. The number of rotatable bonds is 3. The minimum atomic E-state index is -3.06. The molecule has 0 amide bonds. The van der Waals surface area contributed by atoms with Gasteiger partial charge in [-0.05, 0) is 25.0 Å². The number of H-pyrrole nitrogens is 1. The van der Waals surface area contributed by atoms with Gasteiger partial charge < -0.3 is 5.32 Å². The van der Waals surface area contributed by atoms with Crippen molar-refractivity contribution in [2.75, 3.05) is 24.7 Å². The first-order valence-electron chi connectivity index (χ1n) is 6.68. The number of aromatic nitrogens is 2. The number of hydrogen-bond donors (Lipinski definition) is 2. The Morgan fingerprint density at radius 2 is 2.10 bits per heavy atom. The summed E-state index contributed by atoms with van der Waals surface area (Å²) in [6, 6.07) is 6.29. The first-order valence-corrected chi connectivity index (χ1v) is 8.52. The summed E-state index contributed by atoms with van der Waals surface area (Å²) in [4.78, 5) is 0. The Labute approximate surface area is 118 Å². The molecule has 1 saturated heterocycles. The lowest BCUT2D eigenvalue weighted by atomic mass is 10.1. The van der Waals surface area contributed by atoms with E-state index in [0.29, 0.717) is 19.1 Å². The zero-order valence-corrected chi connectivity index (χ0v) is 12.2. The number of sulfonamides is 1. The van der Waals surface area contributed by atoms with Crippen LogP contribution in [0.2, 0.25) is 0 Å². The number of fused-ring (bicyclic) bond motifs is 1. The van der Waals surface area contributed by atoms with Crippen molar-refractivity contribution in [2.45, 2.75) is 18.9 Å². The van der Waals surface area contributed by atoms with Gasteiger partial charge >= 0.3 is 0 Å². The van der Waals surface area contributed by atoms with Crippen LogP contribution in [-0.2, 0) is 10.0 Å². The van der Waals surface area contributed by atoms with Gasteiger partial charge in [0.2, 0.25) is 10.0 Å². The van der Waals surface area contributed by atoms with Crippen LogP contribution in [0.25, 0.3) is 10.9 Å². The van der Waals surface area contributed by atoms with Crippen molar-refractivity contribution in [1.29, 1.82) is 0 Å². The van der Waals surface area contributed by atoms with Gasteiger partial charge in [0.05, 0.1) is 18.0 Å². The largest absolute Gasteiger partial charge is 0.382 e. The molecule has 20 heavy (non-hydrogen) atoms. The van der Waals surface area contributed by atoms with Crippen molar-refractivity contribution >= 4 is 26.6 Å². The smallest absolute Gasteiger partial charge is 0.211 e. The number of piperidine rings is 1. The van der Waals surface area contributed by atoms with Gasteiger partial charge in [-0.1, -0.05) is 6.07 Å². The lowest BCUT2D eigenvalue weighted by molar-refractivity contribution is 0.332. The second-order valence-electron chi connectivity index (χ2n) is 5.22. The molecule has 1 aromatic carbocycles. The molecule has 7 heteroatoms. The molecule has 6 nitrogen and oxygen atoms in total. The molecular formula is C13H18N4O2S. The summed E-state index contributed by atoms with van der Waals surface area (Å²) in [7, 11) is -3.06. The van der Waals surface area contributed by atoms with E-state index in [1.807, 2.05) is 24.4 Å². The number of benzene rings is 1. The van der Waals surface area contributed by atoms with E-state index in [1.165, 1.54) is 6.26 Å². The van der Waals surface area contributed by atoms with E-state index >= 15 is 0 Å². The molecule has 3 rings (SSSR count). The Bertz CT molecular complexity index is 702. The van der Waals surface area contributed by atoms with Crippen LogP contribution in [0.3, 0.4) is 0 Å². The van der Waals surface area contributed by atoms with Crippen molar-refractivity contribution in [2.24, 2.45) is 0 Å². The SMILES string of the molecule is CS(=O)(=O)N1CCC(Nc2cccc3[nH]ncc23)CC1. The third kappa shape index (κ3) is 2.64. The highest BCUT2D eigenvalue weighted by atomic mass is 32.2. The van der Waals surface area contributed by atoms with Gasteiger partial charge in [-0.15, -0.1) is 0 Å². The summed E-state index contributed by atoms with van der Waals surface area (Å²) in [5, 5.41) is 11.6. The molecule has 0 spiro atoms. The maximum absolute atomic E-state index is 11.5. The summed E-state index contributed by atoms with van der Waals surface area (Å²) < 4.78 is 24.5. The summed E-state index contributed by atoms with van der Waals surface area (Å²) in [6.45, 7) is 1.16. The van der Waals surface area contributed by atoms with Gasteiger partial charge in [-0.25, -0.2) is 12.7 Å². The van der Waals surface area contributed by atoms with Crippen LogP contribution < -0.4 is 5.32 Å². The maximum atomic E-state index is 11.5. The minimum absolute atomic E-state index is 0.300. The highest BCUT2D eigenvalue weighted by molar-refractivity contribution is 7.88. The molecule has 1 fully saturated rings. The number of hydrogen-bond acceptors (Lipinski definition) is 4. The van der Waals surface area contributed by atoms with E-state index < -0.39 is 10.0 Å². The van der Waals surface area contributed by atoms with Crippen LogP contribution in [-0.4, -0.2) is 48.3 Å². The molecule has 0 saturated carbocycles. The number of aromatic amines is 1.